The smallest absolute Gasteiger partial charge is 0.364 e. The third kappa shape index (κ3) is 3.01. The Labute approximate surface area is 76.8 Å². The van der Waals surface area contributed by atoms with Gasteiger partial charge in [0.05, 0.1) is 0 Å². The van der Waals surface area contributed by atoms with E-state index in [4.69, 9.17) is 5.11 Å². The van der Waals surface area contributed by atoms with Gasteiger partial charge in [0.2, 0.25) is 5.83 Å². The molecule has 72 valence electrons. The predicted octanol–water partition coefficient (Wildman–Crippen LogP) is 2.53. The summed E-state index contributed by atoms with van der Waals surface area (Å²) in [6, 6.07) is 0. The molecule has 2 aliphatic carbocycles. The number of carboxylic acids is 1. The summed E-state index contributed by atoms with van der Waals surface area (Å²) in [4.78, 5) is 9.22. The molecule has 2 nitrogen and oxygen atoms in total. The lowest BCUT2D eigenvalue weighted by Gasteiger charge is -1.96. The Bertz CT molecular complexity index is 221. The van der Waals surface area contributed by atoms with Gasteiger partial charge >= 0.3 is 5.97 Å². The van der Waals surface area contributed by atoms with Crippen molar-refractivity contribution in [3.63, 3.8) is 0 Å². The minimum atomic E-state index is -1.60. The lowest BCUT2D eigenvalue weighted by Crippen LogP contribution is -1.90. The molecule has 0 aliphatic heterocycles. The normalized spacial score (nSPS) is 28.1. The number of aliphatic carboxylic acids is 1. The molecule has 1 saturated carbocycles. The number of rotatable bonds is 1. The van der Waals surface area contributed by atoms with Crippen LogP contribution in [0.4, 0.5) is 4.39 Å². The molecule has 0 aromatic carbocycles. The summed E-state index contributed by atoms with van der Waals surface area (Å²) in [6.07, 6.45) is 9.19. The van der Waals surface area contributed by atoms with Crippen LogP contribution in [0.25, 0.3) is 0 Å². The number of allylic oxidation sites excluding steroid dienone is 2. The van der Waals surface area contributed by atoms with Crippen LogP contribution in [0, 0.1) is 11.8 Å². The molecular weight excluding hydrogens is 171 g/mol. The number of fused-ring (bicyclic) bond motifs is 2. The van der Waals surface area contributed by atoms with Crippen molar-refractivity contribution in [1.29, 1.82) is 0 Å². The quantitative estimate of drug-likeness (QED) is 0.502. The summed E-state index contributed by atoms with van der Waals surface area (Å²) in [5, 5.41) is 7.52. The van der Waals surface area contributed by atoms with Gasteiger partial charge in [-0.05, 0) is 31.1 Å². The molecule has 3 heteroatoms. The number of hydrogen-bond acceptors (Lipinski definition) is 1. The first-order chi connectivity index (χ1) is 6.09. The molecule has 0 spiro atoms. The first-order valence-corrected chi connectivity index (χ1v) is 4.35. The second-order valence-electron chi connectivity index (χ2n) is 3.43. The van der Waals surface area contributed by atoms with Crippen molar-refractivity contribution in [2.24, 2.45) is 11.8 Å². The fourth-order valence-electron chi connectivity index (χ4n) is 1.72. The Morgan fingerprint density at radius 2 is 1.77 bits per heavy atom. The van der Waals surface area contributed by atoms with Crippen molar-refractivity contribution in [3.05, 3.63) is 24.6 Å². The molecule has 0 aromatic heterocycles. The van der Waals surface area contributed by atoms with Crippen LogP contribution in [0.3, 0.4) is 0 Å². The number of halogens is 1. The lowest BCUT2D eigenvalue weighted by atomic mass is 10.1. The first kappa shape index (κ1) is 9.96. The summed E-state index contributed by atoms with van der Waals surface area (Å²) in [5.41, 5.74) is 0. The highest BCUT2D eigenvalue weighted by Gasteiger charge is 2.25. The van der Waals surface area contributed by atoms with E-state index in [0.717, 1.165) is 11.8 Å². The van der Waals surface area contributed by atoms with Crippen LogP contribution in [0.2, 0.25) is 0 Å². The number of carboxylic acid groups (broad SMARTS) is 1. The van der Waals surface area contributed by atoms with E-state index in [1.807, 2.05) is 0 Å². The third-order valence-corrected chi connectivity index (χ3v) is 2.40. The van der Waals surface area contributed by atoms with E-state index in [2.05, 4.69) is 18.7 Å². The first-order valence-electron chi connectivity index (χ1n) is 4.35. The van der Waals surface area contributed by atoms with E-state index in [0.29, 0.717) is 0 Å². The molecule has 1 fully saturated rings. The SMILES string of the molecule is C1=CC2CCC1C2.C=C(F)C(=O)O. The fourth-order valence-corrected chi connectivity index (χ4v) is 1.72. The predicted molar refractivity (Wildman–Crippen MR) is 47.9 cm³/mol. The van der Waals surface area contributed by atoms with Crippen LogP contribution in [-0.2, 0) is 4.79 Å². The Morgan fingerprint density at radius 3 is 1.85 bits per heavy atom. The minimum Gasteiger partial charge on any atom is -0.476 e. The van der Waals surface area contributed by atoms with E-state index < -0.39 is 11.8 Å². The van der Waals surface area contributed by atoms with Gasteiger partial charge < -0.3 is 5.11 Å². The molecular formula is C10H13FO2. The van der Waals surface area contributed by atoms with Crippen LogP contribution in [0.15, 0.2) is 24.6 Å². The molecule has 0 radical (unpaired) electrons. The second-order valence-corrected chi connectivity index (χ2v) is 3.43. The largest absolute Gasteiger partial charge is 0.476 e. The van der Waals surface area contributed by atoms with Gasteiger partial charge in [0.25, 0.3) is 0 Å². The highest BCUT2D eigenvalue weighted by atomic mass is 19.1. The Hall–Kier alpha value is -1.12. The van der Waals surface area contributed by atoms with Crippen LogP contribution >= 0.6 is 0 Å². The van der Waals surface area contributed by atoms with Gasteiger partial charge in [-0.3, -0.25) is 0 Å². The zero-order chi connectivity index (χ0) is 9.84. The maximum absolute atomic E-state index is 11.0. The fraction of sp³-hybridized carbons (Fsp3) is 0.500. The average Bonchev–Trinajstić information content (AvgIpc) is 2.67. The van der Waals surface area contributed by atoms with Crippen molar-refractivity contribution >= 4 is 5.97 Å². The minimum absolute atomic E-state index is 0.991. The van der Waals surface area contributed by atoms with E-state index >= 15 is 0 Å². The Kier molecular flexibility index (Phi) is 3.23. The average molecular weight is 184 g/mol. The van der Waals surface area contributed by atoms with Crippen molar-refractivity contribution in [2.75, 3.05) is 0 Å². The maximum Gasteiger partial charge on any atom is 0.364 e. The molecule has 1 N–H and O–H groups in total. The van der Waals surface area contributed by atoms with Gasteiger partial charge in [-0.25, -0.2) is 4.79 Å². The van der Waals surface area contributed by atoms with Crippen molar-refractivity contribution in [1.82, 2.24) is 0 Å². The summed E-state index contributed by atoms with van der Waals surface area (Å²) >= 11 is 0. The van der Waals surface area contributed by atoms with Gasteiger partial charge in [-0.1, -0.05) is 18.7 Å². The summed E-state index contributed by atoms with van der Waals surface area (Å²) in [5.74, 6) is -0.944. The van der Waals surface area contributed by atoms with Gasteiger partial charge in [-0.15, -0.1) is 0 Å². The Morgan fingerprint density at radius 1 is 1.38 bits per heavy atom. The van der Waals surface area contributed by atoms with E-state index in [1.165, 1.54) is 19.3 Å². The van der Waals surface area contributed by atoms with Gasteiger partial charge in [0.1, 0.15) is 0 Å². The molecule has 2 rings (SSSR count). The standard InChI is InChI=1S/C7H10.C3H3FO2/c1-2-7-4-3-6(1)5-7;1-2(4)3(5)6/h1-2,6-7H,3-5H2;1H2,(H,5,6). The zero-order valence-corrected chi connectivity index (χ0v) is 7.37. The summed E-state index contributed by atoms with van der Waals surface area (Å²) < 4.78 is 11.0. The molecule has 0 aromatic rings. The second kappa shape index (κ2) is 4.21. The van der Waals surface area contributed by atoms with Crippen LogP contribution in [0.1, 0.15) is 19.3 Å². The molecule has 2 aliphatic rings. The van der Waals surface area contributed by atoms with Crippen LogP contribution < -0.4 is 0 Å². The van der Waals surface area contributed by atoms with Crippen molar-refractivity contribution in [3.8, 4) is 0 Å². The monoisotopic (exact) mass is 184 g/mol. The maximum atomic E-state index is 11.0. The highest BCUT2D eigenvalue weighted by Crippen LogP contribution is 2.38. The van der Waals surface area contributed by atoms with Gasteiger partial charge in [-0.2, -0.15) is 4.39 Å². The molecule has 2 atom stereocenters. The Balaban J connectivity index is 0.000000133. The number of carbonyl (C=O) groups is 1. The van der Waals surface area contributed by atoms with Crippen LogP contribution in [0.5, 0.6) is 0 Å². The third-order valence-electron chi connectivity index (χ3n) is 2.40. The lowest BCUT2D eigenvalue weighted by molar-refractivity contribution is -0.134. The molecule has 0 heterocycles. The van der Waals surface area contributed by atoms with Crippen molar-refractivity contribution in [2.45, 2.75) is 19.3 Å². The van der Waals surface area contributed by atoms with Crippen LogP contribution in [-0.4, -0.2) is 11.1 Å². The number of hydrogen-bond donors (Lipinski definition) is 1. The highest BCUT2D eigenvalue weighted by molar-refractivity contribution is 5.82. The van der Waals surface area contributed by atoms with Gasteiger partial charge in [0.15, 0.2) is 0 Å². The van der Waals surface area contributed by atoms with Gasteiger partial charge in [0, 0.05) is 0 Å². The molecule has 13 heavy (non-hydrogen) atoms. The topological polar surface area (TPSA) is 37.3 Å². The summed E-state index contributed by atoms with van der Waals surface area (Å²) in [6.45, 7) is 2.49. The van der Waals surface area contributed by atoms with E-state index in [9.17, 15) is 9.18 Å². The van der Waals surface area contributed by atoms with Crippen molar-refractivity contribution < 1.29 is 14.3 Å². The molecule has 0 amide bonds. The molecule has 2 bridgehead atoms. The summed E-state index contributed by atoms with van der Waals surface area (Å²) in [7, 11) is 0. The molecule has 0 saturated heterocycles. The van der Waals surface area contributed by atoms with E-state index in [1.54, 1.807) is 0 Å². The zero-order valence-electron chi connectivity index (χ0n) is 7.37. The molecule has 2 unspecified atom stereocenters. The van der Waals surface area contributed by atoms with E-state index in [-0.39, 0.29) is 0 Å².